The second-order valence-electron chi connectivity index (χ2n) is 5.79. The summed E-state index contributed by atoms with van der Waals surface area (Å²) in [6, 6.07) is 13.5. The normalized spacial score (nSPS) is 12.0. The fourth-order valence-electron chi connectivity index (χ4n) is 2.68. The number of ether oxygens (including phenoxy) is 1. The number of hydrogen-bond donors (Lipinski definition) is 0. The van der Waals surface area contributed by atoms with Crippen molar-refractivity contribution >= 4 is 22.7 Å². The summed E-state index contributed by atoms with van der Waals surface area (Å²) in [7, 11) is 1.62. The maximum atomic E-state index is 12.7. The molecular weight excluding hydrogens is 344 g/mol. The smallest absolute Gasteiger partial charge is 0.192 e. The summed E-state index contributed by atoms with van der Waals surface area (Å²) in [5, 5.41) is 1.39. The number of allylic oxidation sites excluding steroid dienone is 2. The SMILES string of the molecule is C=C/C(Sc1cc(=O)c2cnc(C)cc2n1-c1ccccc1)=C(/C)OC. The molecule has 1 aromatic carbocycles. The van der Waals surface area contributed by atoms with Gasteiger partial charge in [-0.15, -0.1) is 0 Å². The van der Waals surface area contributed by atoms with Crippen LogP contribution in [0.15, 0.2) is 81.8 Å². The number of rotatable bonds is 5. The molecule has 0 fully saturated rings. The molecule has 0 saturated carbocycles. The van der Waals surface area contributed by atoms with Crippen LogP contribution in [-0.2, 0) is 4.74 Å². The quantitative estimate of drug-likeness (QED) is 0.369. The van der Waals surface area contributed by atoms with E-state index in [0.717, 1.165) is 32.6 Å². The van der Waals surface area contributed by atoms with Gasteiger partial charge in [0.05, 0.1) is 27.9 Å². The Kier molecular flexibility index (Phi) is 5.28. The lowest BCUT2D eigenvalue weighted by Crippen LogP contribution is -2.11. The Balaban J connectivity index is 2.35. The zero-order valence-corrected chi connectivity index (χ0v) is 15.8. The van der Waals surface area contributed by atoms with E-state index in [1.54, 1.807) is 25.4 Å². The zero-order valence-electron chi connectivity index (χ0n) is 15.0. The molecule has 0 aliphatic rings. The fraction of sp³-hybridized carbons (Fsp3) is 0.143. The maximum absolute atomic E-state index is 12.7. The van der Waals surface area contributed by atoms with Gasteiger partial charge in [-0.3, -0.25) is 9.78 Å². The molecule has 0 N–H and O–H groups in total. The van der Waals surface area contributed by atoms with Gasteiger partial charge in [0.25, 0.3) is 0 Å². The summed E-state index contributed by atoms with van der Waals surface area (Å²) < 4.78 is 7.42. The average Bonchev–Trinajstić information content (AvgIpc) is 2.66. The number of fused-ring (bicyclic) bond motifs is 1. The lowest BCUT2D eigenvalue weighted by molar-refractivity contribution is 0.293. The molecule has 0 amide bonds. The Bertz CT molecular complexity index is 1050. The molecule has 3 aromatic rings. The molecule has 2 heterocycles. The van der Waals surface area contributed by atoms with E-state index in [0.29, 0.717) is 5.39 Å². The van der Waals surface area contributed by atoms with Crippen LogP contribution in [0.5, 0.6) is 0 Å². The number of aromatic nitrogens is 2. The third kappa shape index (κ3) is 3.44. The van der Waals surface area contributed by atoms with Gasteiger partial charge in [-0.2, -0.15) is 0 Å². The van der Waals surface area contributed by atoms with E-state index in [2.05, 4.69) is 16.1 Å². The molecule has 0 atom stereocenters. The maximum Gasteiger partial charge on any atom is 0.192 e. The number of aryl methyl sites for hydroxylation is 1. The summed E-state index contributed by atoms with van der Waals surface area (Å²) in [6.45, 7) is 7.67. The minimum Gasteiger partial charge on any atom is -0.500 e. The van der Waals surface area contributed by atoms with E-state index >= 15 is 0 Å². The monoisotopic (exact) mass is 364 g/mol. The minimum absolute atomic E-state index is 0.0549. The second-order valence-corrected chi connectivity index (χ2v) is 6.85. The molecule has 0 radical (unpaired) electrons. The molecule has 0 saturated heterocycles. The van der Waals surface area contributed by atoms with Crippen molar-refractivity contribution in [2.75, 3.05) is 7.11 Å². The number of benzene rings is 1. The molecule has 2 aromatic heterocycles. The first-order valence-electron chi connectivity index (χ1n) is 8.18. The first-order chi connectivity index (χ1) is 12.5. The van der Waals surface area contributed by atoms with E-state index in [4.69, 9.17) is 4.74 Å². The number of pyridine rings is 2. The molecule has 0 aliphatic heterocycles. The Morgan fingerprint density at radius 1 is 1.27 bits per heavy atom. The highest BCUT2D eigenvalue weighted by Crippen LogP contribution is 2.33. The summed E-state index contributed by atoms with van der Waals surface area (Å²) in [5.74, 6) is 0.753. The number of hydrogen-bond acceptors (Lipinski definition) is 4. The molecule has 4 nitrogen and oxygen atoms in total. The van der Waals surface area contributed by atoms with Crippen LogP contribution < -0.4 is 5.43 Å². The van der Waals surface area contributed by atoms with Crippen molar-refractivity contribution in [1.29, 1.82) is 0 Å². The summed E-state index contributed by atoms with van der Waals surface area (Å²) in [4.78, 5) is 17.8. The predicted molar refractivity (Wildman–Crippen MR) is 108 cm³/mol. The number of thioether (sulfide) groups is 1. The Morgan fingerprint density at radius 3 is 2.65 bits per heavy atom. The first kappa shape index (κ1) is 18.0. The highest BCUT2D eigenvalue weighted by atomic mass is 32.2. The van der Waals surface area contributed by atoms with Gasteiger partial charge < -0.3 is 9.30 Å². The van der Waals surface area contributed by atoms with Crippen LogP contribution in [0.25, 0.3) is 16.6 Å². The molecular formula is C21H20N2O2S. The molecule has 0 unspecified atom stereocenters. The van der Waals surface area contributed by atoms with Gasteiger partial charge in [-0.05, 0) is 32.0 Å². The van der Waals surface area contributed by atoms with Crippen molar-refractivity contribution in [3.63, 3.8) is 0 Å². The van der Waals surface area contributed by atoms with Crippen LogP contribution in [0.3, 0.4) is 0 Å². The number of para-hydroxylation sites is 1. The fourth-order valence-corrected chi connectivity index (χ4v) is 3.68. The number of methoxy groups -OCH3 is 1. The van der Waals surface area contributed by atoms with Gasteiger partial charge in [0, 0.05) is 23.6 Å². The van der Waals surface area contributed by atoms with Crippen LogP contribution in [0, 0.1) is 6.92 Å². The van der Waals surface area contributed by atoms with Crippen molar-refractivity contribution in [3.05, 3.63) is 87.9 Å². The summed E-state index contributed by atoms with van der Waals surface area (Å²) in [6.07, 6.45) is 3.39. The van der Waals surface area contributed by atoms with Gasteiger partial charge in [-0.25, -0.2) is 0 Å². The predicted octanol–water partition coefficient (Wildman–Crippen LogP) is 4.85. The number of nitrogens with zero attached hydrogens (tertiary/aromatic N) is 2. The lowest BCUT2D eigenvalue weighted by Gasteiger charge is -2.17. The first-order valence-corrected chi connectivity index (χ1v) is 8.99. The molecule has 0 aliphatic carbocycles. The van der Waals surface area contributed by atoms with Crippen molar-refractivity contribution < 1.29 is 4.74 Å². The third-order valence-electron chi connectivity index (χ3n) is 4.07. The topological polar surface area (TPSA) is 44.1 Å². The van der Waals surface area contributed by atoms with E-state index in [1.165, 1.54) is 11.8 Å². The molecule has 26 heavy (non-hydrogen) atoms. The van der Waals surface area contributed by atoms with Crippen molar-refractivity contribution in [2.45, 2.75) is 18.9 Å². The van der Waals surface area contributed by atoms with Gasteiger partial charge in [0.2, 0.25) is 0 Å². The van der Waals surface area contributed by atoms with E-state index < -0.39 is 0 Å². The zero-order chi connectivity index (χ0) is 18.7. The van der Waals surface area contributed by atoms with E-state index in [-0.39, 0.29) is 5.43 Å². The second kappa shape index (κ2) is 7.62. The molecule has 0 bridgehead atoms. The van der Waals surface area contributed by atoms with Crippen molar-refractivity contribution in [3.8, 4) is 5.69 Å². The highest BCUT2D eigenvalue weighted by molar-refractivity contribution is 8.03. The van der Waals surface area contributed by atoms with Crippen LogP contribution in [0.4, 0.5) is 0 Å². The average molecular weight is 364 g/mol. The largest absolute Gasteiger partial charge is 0.500 e. The molecule has 5 heteroatoms. The summed E-state index contributed by atoms with van der Waals surface area (Å²) >= 11 is 1.46. The van der Waals surface area contributed by atoms with E-state index in [1.807, 2.05) is 50.2 Å². The van der Waals surface area contributed by atoms with Crippen LogP contribution >= 0.6 is 11.8 Å². The third-order valence-corrected chi connectivity index (χ3v) is 5.25. The molecule has 3 rings (SSSR count). The molecule has 0 spiro atoms. The van der Waals surface area contributed by atoms with Crippen LogP contribution in [-0.4, -0.2) is 16.7 Å². The lowest BCUT2D eigenvalue weighted by atomic mass is 10.2. The van der Waals surface area contributed by atoms with Gasteiger partial charge >= 0.3 is 0 Å². The van der Waals surface area contributed by atoms with Gasteiger partial charge in [0.15, 0.2) is 5.43 Å². The van der Waals surface area contributed by atoms with Gasteiger partial charge in [0.1, 0.15) is 5.76 Å². The minimum atomic E-state index is -0.0549. The Labute approximate surface area is 156 Å². The Hall–Kier alpha value is -2.79. The van der Waals surface area contributed by atoms with Crippen LogP contribution in [0.1, 0.15) is 12.6 Å². The standard InChI is InChI=1S/C21H20N2O2S/c1-5-20(15(3)25-4)26-21-12-19(24)17-13-22-14(2)11-18(17)23(21)16-9-7-6-8-10-16/h5-13H,1H2,2-4H3/b20-15+. The Morgan fingerprint density at radius 2 is 2.00 bits per heavy atom. The van der Waals surface area contributed by atoms with Crippen LogP contribution in [0.2, 0.25) is 0 Å². The summed E-state index contributed by atoms with van der Waals surface area (Å²) in [5.41, 5.74) is 2.61. The van der Waals surface area contributed by atoms with Gasteiger partial charge in [-0.1, -0.05) is 42.6 Å². The van der Waals surface area contributed by atoms with Crippen molar-refractivity contribution in [2.24, 2.45) is 0 Å². The molecule has 132 valence electrons. The highest BCUT2D eigenvalue weighted by Gasteiger charge is 2.14. The van der Waals surface area contributed by atoms with Crippen molar-refractivity contribution in [1.82, 2.24) is 9.55 Å². The van der Waals surface area contributed by atoms with E-state index in [9.17, 15) is 4.79 Å².